The van der Waals surface area contributed by atoms with E-state index in [0.717, 1.165) is 10.2 Å². The highest BCUT2D eigenvalue weighted by molar-refractivity contribution is 5.76. The monoisotopic (exact) mass is 443 g/mol. The van der Waals surface area contributed by atoms with Crippen molar-refractivity contribution in [2.75, 3.05) is 0 Å². The third-order valence-electron chi connectivity index (χ3n) is 4.68. The summed E-state index contributed by atoms with van der Waals surface area (Å²) in [4.78, 5) is 37.0. The van der Waals surface area contributed by atoms with Gasteiger partial charge in [-0.05, 0) is 37.3 Å². The number of aliphatic carboxylic acids is 2. The zero-order chi connectivity index (χ0) is 23.5. The third-order valence-corrected chi connectivity index (χ3v) is 4.68. The summed E-state index contributed by atoms with van der Waals surface area (Å²) in [6.45, 7) is 1.81. The Morgan fingerprint density at radius 1 is 1.22 bits per heavy atom. The van der Waals surface area contributed by atoms with Crippen molar-refractivity contribution < 1.29 is 24.6 Å². The van der Waals surface area contributed by atoms with Crippen LogP contribution >= 0.6 is 0 Å². The number of rotatable bonds is 13. The van der Waals surface area contributed by atoms with Gasteiger partial charge in [0.15, 0.2) is 6.04 Å². The number of benzene rings is 1. The van der Waals surface area contributed by atoms with Crippen LogP contribution in [0.4, 0.5) is 5.69 Å². The molecule has 0 spiro atoms. The van der Waals surface area contributed by atoms with Crippen molar-refractivity contribution in [3.8, 4) is 0 Å². The molecule has 0 aliphatic carbocycles. The lowest BCUT2D eigenvalue weighted by Gasteiger charge is -2.13. The SMILES string of the molecule is CC(Cc1cn(C(CCC(=O)O)C(=O)O)nn1)NC(=O)CCCc1ccc(N=[N+]=[N-])cc1. The maximum Gasteiger partial charge on any atom is 0.328 e. The van der Waals surface area contributed by atoms with Crippen LogP contribution in [0.5, 0.6) is 0 Å². The number of carbonyl (C=O) groups is 3. The number of nitrogens with zero attached hydrogens (tertiary/aromatic N) is 6. The summed E-state index contributed by atoms with van der Waals surface area (Å²) >= 11 is 0. The normalized spacial score (nSPS) is 12.4. The second-order valence-corrected chi connectivity index (χ2v) is 7.36. The number of azide groups is 1. The Balaban J connectivity index is 1.78. The van der Waals surface area contributed by atoms with E-state index in [4.69, 9.17) is 10.6 Å². The van der Waals surface area contributed by atoms with Crippen LogP contribution in [0.15, 0.2) is 35.6 Å². The maximum atomic E-state index is 12.2. The summed E-state index contributed by atoms with van der Waals surface area (Å²) in [5.74, 6) is -2.38. The first-order chi connectivity index (χ1) is 15.3. The van der Waals surface area contributed by atoms with Gasteiger partial charge in [-0.1, -0.05) is 34.6 Å². The van der Waals surface area contributed by atoms with Gasteiger partial charge in [-0.15, -0.1) is 5.10 Å². The average molecular weight is 443 g/mol. The van der Waals surface area contributed by atoms with Crippen molar-refractivity contribution in [3.63, 3.8) is 0 Å². The average Bonchev–Trinajstić information content (AvgIpc) is 3.17. The molecule has 1 heterocycles. The number of hydrogen-bond donors (Lipinski definition) is 3. The number of nitrogens with one attached hydrogen (secondary N) is 1. The van der Waals surface area contributed by atoms with Gasteiger partial charge in [0.05, 0.1) is 5.69 Å². The first kappa shape index (κ1) is 24.4. The second kappa shape index (κ2) is 12.1. The number of carboxylic acids is 2. The molecule has 1 amide bonds. The quantitative estimate of drug-likeness (QED) is 0.241. The molecule has 32 heavy (non-hydrogen) atoms. The Hall–Kier alpha value is -3.92. The molecule has 2 unspecified atom stereocenters. The zero-order valence-electron chi connectivity index (χ0n) is 17.6. The summed E-state index contributed by atoms with van der Waals surface area (Å²) in [6.07, 6.45) is 3.12. The number of carboxylic acid groups (broad SMARTS) is 2. The van der Waals surface area contributed by atoms with Gasteiger partial charge in [0.1, 0.15) is 0 Å². The molecule has 0 radical (unpaired) electrons. The molecule has 1 aromatic carbocycles. The van der Waals surface area contributed by atoms with E-state index in [1.165, 1.54) is 6.20 Å². The minimum absolute atomic E-state index is 0.103. The fraction of sp³-hybridized carbons (Fsp3) is 0.450. The van der Waals surface area contributed by atoms with Crippen LogP contribution in [0.25, 0.3) is 10.4 Å². The third kappa shape index (κ3) is 8.07. The minimum atomic E-state index is -1.18. The summed E-state index contributed by atoms with van der Waals surface area (Å²) in [5, 5.41) is 32.2. The van der Waals surface area contributed by atoms with E-state index in [-0.39, 0.29) is 24.8 Å². The van der Waals surface area contributed by atoms with Crippen LogP contribution in [0, 0.1) is 0 Å². The van der Waals surface area contributed by atoms with E-state index < -0.39 is 18.0 Å². The topological polar surface area (TPSA) is 183 Å². The van der Waals surface area contributed by atoms with Gasteiger partial charge in [-0.3, -0.25) is 9.59 Å². The molecular weight excluding hydrogens is 418 g/mol. The van der Waals surface area contributed by atoms with Crippen LogP contribution in [-0.2, 0) is 27.2 Å². The number of hydrogen-bond acceptors (Lipinski definition) is 6. The summed E-state index contributed by atoms with van der Waals surface area (Å²) in [6, 6.07) is 5.81. The summed E-state index contributed by atoms with van der Waals surface area (Å²) in [7, 11) is 0. The minimum Gasteiger partial charge on any atom is -0.481 e. The van der Waals surface area contributed by atoms with Crippen LogP contribution in [0.2, 0.25) is 0 Å². The zero-order valence-corrected chi connectivity index (χ0v) is 17.6. The predicted molar refractivity (Wildman–Crippen MR) is 113 cm³/mol. The van der Waals surface area contributed by atoms with E-state index in [0.29, 0.717) is 37.1 Å². The van der Waals surface area contributed by atoms with Crippen LogP contribution in [-0.4, -0.2) is 49.1 Å². The highest BCUT2D eigenvalue weighted by Crippen LogP contribution is 2.15. The Kier molecular flexibility index (Phi) is 9.18. The van der Waals surface area contributed by atoms with Crippen molar-refractivity contribution in [2.24, 2.45) is 5.11 Å². The van der Waals surface area contributed by atoms with Gasteiger partial charge in [0.2, 0.25) is 5.91 Å². The van der Waals surface area contributed by atoms with Gasteiger partial charge in [0.25, 0.3) is 0 Å². The predicted octanol–water partition coefficient (Wildman–Crippen LogP) is 2.78. The molecule has 0 saturated carbocycles. The Morgan fingerprint density at radius 3 is 2.56 bits per heavy atom. The molecule has 3 N–H and O–H groups in total. The smallest absolute Gasteiger partial charge is 0.328 e. The molecule has 12 heteroatoms. The molecule has 12 nitrogen and oxygen atoms in total. The maximum absolute atomic E-state index is 12.2. The Bertz CT molecular complexity index is 982. The lowest BCUT2D eigenvalue weighted by molar-refractivity contribution is -0.142. The molecule has 0 bridgehead atoms. The van der Waals surface area contributed by atoms with E-state index >= 15 is 0 Å². The van der Waals surface area contributed by atoms with Crippen LogP contribution < -0.4 is 5.32 Å². The molecule has 0 fully saturated rings. The van der Waals surface area contributed by atoms with E-state index in [2.05, 4.69) is 25.7 Å². The van der Waals surface area contributed by atoms with E-state index in [9.17, 15) is 19.5 Å². The largest absolute Gasteiger partial charge is 0.481 e. The van der Waals surface area contributed by atoms with Crippen molar-refractivity contribution >= 4 is 23.5 Å². The van der Waals surface area contributed by atoms with E-state index in [1.807, 2.05) is 19.1 Å². The number of aromatic nitrogens is 3. The molecule has 2 rings (SSSR count). The molecule has 0 aliphatic heterocycles. The number of aryl methyl sites for hydroxylation is 1. The van der Waals surface area contributed by atoms with Crippen molar-refractivity contribution in [1.29, 1.82) is 0 Å². The Morgan fingerprint density at radius 2 is 1.94 bits per heavy atom. The second-order valence-electron chi connectivity index (χ2n) is 7.36. The summed E-state index contributed by atoms with van der Waals surface area (Å²) < 4.78 is 1.14. The fourth-order valence-electron chi connectivity index (χ4n) is 3.13. The van der Waals surface area contributed by atoms with Crippen LogP contribution in [0.1, 0.15) is 49.9 Å². The van der Waals surface area contributed by atoms with Crippen LogP contribution in [0.3, 0.4) is 0 Å². The van der Waals surface area contributed by atoms with Crippen molar-refractivity contribution in [3.05, 3.63) is 52.2 Å². The van der Waals surface area contributed by atoms with Gasteiger partial charge >= 0.3 is 11.9 Å². The van der Waals surface area contributed by atoms with Crippen molar-refractivity contribution in [2.45, 2.75) is 57.5 Å². The number of carbonyl (C=O) groups excluding carboxylic acids is 1. The first-order valence-corrected chi connectivity index (χ1v) is 10.1. The molecule has 170 valence electrons. The van der Waals surface area contributed by atoms with Gasteiger partial charge < -0.3 is 15.5 Å². The highest BCUT2D eigenvalue weighted by Gasteiger charge is 2.22. The number of amides is 1. The lowest BCUT2D eigenvalue weighted by atomic mass is 10.1. The lowest BCUT2D eigenvalue weighted by Crippen LogP contribution is -2.34. The molecule has 2 aromatic rings. The molecule has 2 atom stereocenters. The van der Waals surface area contributed by atoms with Gasteiger partial charge in [-0.2, -0.15) is 0 Å². The molecule has 1 aromatic heterocycles. The summed E-state index contributed by atoms with van der Waals surface area (Å²) in [5.41, 5.74) is 10.5. The highest BCUT2D eigenvalue weighted by atomic mass is 16.4. The Labute approximate surface area is 183 Å². The van der Waals surface area contributed by atoms with Gasteiger partial charge in [-0.25, -0.2) is 9.48 Å². The molecular formula is C20H25N7O5. The fourth-order valence-corrected chi connectivity index (χ4v) is 3.13. The van der Waals surface area contributed by atoms with E-state index in [1.54, 1.807) is 12.1 Å². The van der Waals surface area contributed by atoms with Gasteiger partial charge in [0, 0.05) is 42.1 Å². The molecule has 0 aliphatic rings. The first-order valence-electron chi connectivity index (χ1n) is 10.1. The van der Waals surface area contributed by atoms with Crippen molar-refractivity contribution in [1.82, 2.24) is 20.3 Å². The standard InChI is InChI=1S/C20H25N7O5/c1-13(11-16-12-27(26-24-16)17(20(31)32)9-10-19(29)30)22-18(28)4-2-3-14-5-7-15(8-6-14)23-25-21/h5-8,12-13,17H,2-4,9-11H2,1H3,(H,22,28)(H,29,30)(H,31,32). The molecule has 0 saturated heterocycles.